The largest absolute Gasteiger partial charge is 0.484 e. The van der Waals surface area contributed by atoms with Gasteiger partial charge in [-0.15, -0.1) is 0 Å². The van der Waals surface area contributed by atoms with Crippen LogP contribution in [0.5, 0.6) is 5.75 Å². The van der Waals surface area contributed by atoms with Crippen LogP contribution in [0, 0.1) is 6.92 Å². The third kappa shape index (κ3) is 6.24. The lowest BCUT2D eigenvalue weighted by atomic mass is 10.2. The molecule has 4 nitrogen and oxygen atoms in total. The molecule has 1 N–H and O–H groups in total. The van der Waals surface area contributed by atoms with E-state index in [0.29, 0.717) is 29.4 Å². The van der Waals surface area contributed by atoms with Gasteiger partial charge in [0.1, 0.15) is 5.75 Å². The lowest BCUT2D eigenvalue weighted by Crippen LogP contribution is -2.43. The summed E-state index contributed by atoms with van der Waals surface area (Å²) in [4.78, 5) is 14.1. The van der Waals surface area contributed by atoms with Gasteiger partial charge in [-0.1, -0.05) is 11.6 Å². The number of carbonyl (C=O) groups is 1. The van der Waals surface area contributed by atoms with Gasteiger partial charge in [-0.05, 0) is 58.4 Å². The van der Waals surface area contributed by atoms with Crippen molar-refractivity contribution in [2.75, 3.05) is 19.7 Å². The molecule has 0 bridgehead atoms. The van der Waals surface area contributed by atoms with Crippen molar-refractivity contribution in [2.24, 2.45) is 0 Å². The molecule has 0 aliphatic carbocycles. The first-order valence-electron chi connectivity index (χ1n) is 7.72. The Kier molecular flexibility index (Phi) is 7.69. The van der Waals surface area contributed by atoms with Crippen LogP contribution in [0.15, 0.2) is 18.2 Å². The number of halogens is 1. The maximum atomic E-state index is 11.8. The van der Waals surface area contributed by atoms with Gasteiger partial charge in [0.05, 0.1) is 0 Å². The smallest absolute Gasteiger partial charge is 0.257 e. The van der Waals surface area contributed by atoms with Gasteiger partial charge >= 0.3 is 0 Å². The number of benzene rings is 1. The second-order valence-corrected chi connectivity index (χ2v) is 6.38. The number of nitrogens with zero attached hydrogens (tertiary/aromatic N) is 1. The quantitative estimate of drug-likeness (QED) is 0.797. The third-order valence-corrected chi connectivity index (χ3v) is 3.94. The highest BCUT2D eigenvalue weighted by Crippen LogP contribution is 2.20. The van der Waals surface area contributed by atoms with E-state index in [1.807, 2.05) is 13.0 Å². The van der Waals surface area contributed by atoms with Gasteiger partial charge in [0.25, 0.3) is 5.91 Å². The molecule has 0 heterocycles. The molecule has 1 rings (SSSR count). The maximum absolute atomic E-state index is 11.8. The monoisotopic (exact) mass is 326 g/mol. The summed E-state index contributed by atoms with van der Waals surface area (Å²) in [6.45, 7) is 12.0. The Labute approximate surface area is 138 Å². The van der Waals surface area contributed by atoms with Crippen LogP contribution in [0.25, 0.3) is 0 Å². The highest BCUT2D eigenvalue weighted by atomic mass is 35.5. The Morgan fingerprint density at radius 1 is 1.27 bits per heavy atom. The van der Waals surface area contributed by atoms with Crippen LogP contribution in [0.2, 0.25) is 5.02 Å². The standard InChI is InChI=1S/C17H27ClN2O2/c1-12(2)20(13(3)4)9-8-19-17(21)11-22-15-6-7-16(18)14(5)10-15/h6-7,10,12-13H,8-9,11H2,1-5H3,(H,19,21). The van der Waals surface area contributed by atoms with Crippen LogP contribution in [0.4, 0.5) is 0 Å². The van der Waals surface area contributed by atoms with Crippen molar-refractivity contribution >= 4 is 17.5 Å². The van der Waals surface area contributed by atoms with Gasteiger partial charge in [0, 0.05) is 30.2 Å². The summed E-state index contributed by atoms with van der Waals surface area (Å²) in [5, 5.41) is 3.58. The van der Waals surface area contributed by atoms with Crippen molar-refractivity contribution in [3.05, 3.63) is 28.8 Å². The Morgan fingerprint density at radius 2 is 1.91 bits per heavy atom. The highest BCUT2D eigenvalue weighted by Gasteiger charge is 2.13. The molecule has 0 unspecified atom stereocenters. The van der Waals surface area contributed by atoms with E-state index < -0.39 is 0 Å². The van der Waals surface area contributed by atoms with E-state index in [0.717, 1.165) is 12.1 Å². The number of amides is 1. The van der Waals surface area contributed by atoms with Crippen molar-refractivity contribution in [1.29, 1.82) is 0 Å². The molecule has 0 saturated carbocycles. The molecule has 0 fully saturated rings. The molecule has 0 saturated heterocycles. The van der Waals surface area contributed by atoms with Crippen molar-refractivity contribution in [3.8, 4) is 5.75 Å². The second-order valence-electron chi connectivity index (χ2n) is 5.97. The van der Waals surface area contributed by atoms with Crippen molar-refractivity contribution in [2.45, 2.75) is 46.7 Å². The molecule has 124 valence electrons. The first kappa shape index (κ1) is 18.8. The van der Waals surface area contributed by atoms with Crippen LogP contribution >= 0.6 is 11.6 Å². The Morgan fingerprint density at radius 3 is 2.45 bits per heavy atom. The molecule has 0 spiro atoms. The van der Waals surface area contributed by atoms with E-state index in [1.165, 1.54) is 0 Å². The predicted molar refractivity (Wildman–Crippen MR) is 91.7 cm³/mol. The van der Waals surface area contributed by atoms with E-state index in [4.69, 9.17) is 16.3 Å². The molecule has 1 amide bonds. The maximum Gasteiger partial charge on any atom is 0.257 e. The molecular weight excluding hydrogens is 300 g/mol. The average molecular weight is 327 g/mol. The summed E-state index contributed by atoms with van der Waals surface area (Å²) in [6.07, 6.45) is 0. The lowest BCUT2D eigenvalue weighted by molar-refractivity contribution is -0.123. The summed E-state index contributed by atoms with van der Waals surface area (Å²) >= 11 is 5.95. The minimum atomic E-state index is -0.111. The van der Waals surface area contributed by atoms with Crippen LogP contribution in [-0.4, -0.2) is 42.6 Å². The number of carbonyl (C=O) groups excluding carboxylic acids is 1. The molecule has 1 aromatic carbocycles. The molecule has 0 atom stereocenters. The van der Waals surface area contributed by atoms with Gasteiger partial charge in [-0.25, -0.2) is 0 Å². The summed E-state index contributed by atoms with van der Waals surface area (Å²) < 4.78 is 5.47. The SMILES string of the molecule is Cc1cc(OCC(=O)NCCN(C(C)C)C(C)C)ccc1Cl. The summed E-state index contributed by atoms with van der Waals surface area (Å²) in [5.41, 5.74) is 0.934. The van der Waals surface area contributed by atoms with Gasteiger partial charge in [0.15, 0.2) is 6.61 Å². The number of nitrogens with one attached hydrogen (secondary N) is 1. The van der Waals surface area contributed by atoms with E-state index in [-0.39, 0.29) is 12.5 Å². The zero-order chi connectivity index (χ0) is 16.7. The van der Waals surface area contributed by atoms with E-state index in [2.05, 4.69) is 37.9 Å². The molecule has 0 radical (unpaired) electrons. The van der Waals surface area contributed by atoms with Crippen LogP contribution in [0.1, 0.15) is 33.3 Å². The molecule has 22 heavy (non-hydrogen) atoms. The summed E-state index contributed by atoms with van der Waals surface area (Å²) in [5.74, 6) is 0.545. The summed E-state index contributed by atoms with van der Waals surface area (Å²) in [7, 11) is 0. The van der Waals surface area contributed by atoms with Crippen molar-refractivity contribution < 1.29 is 9.53 Å². The molecule has 5 heteroatoms. The van der Waals surface area contributed by atoms with Gasteiger partial charge in [-0.3, -0.25) is 9.69 Å². The topological polar surface area (TPSA) is 41.6 Å². The van der Waals surface area contributed by atoms with Gasteiger partial charge < -0.3 is 10.1 Å². The fourth-order valence-corrected chi connectivity index (χ4v) is 2.46. The number of hydrogen-bond acceptors (Lipinski definition) is 3. The zero-order valence-electron chi connectivity index (χ0n) is 14.1. The first-order valence-corrected chi connectivity index (χ1v) is 8.10. The molecule has 0 aliphatic heterocycles. The normalized spacial score (nSPS) is 11.3. The Bertz CT molecular complexity index is 482. The number of rotatable bonds is 8. The second kappa shape index (κ2) is 9.01. The summed E-state index contributed by atoms with van der Waals surface area (Å²) in [6, 6.07) is 6.29. The molecular formula is C17H27ClN2O2. The van der Waals surface area contributed by atoms with E-state index in [1.54, 1.807) is 12.1 Å². The fraction of sp³-hybridized carbons (Fsp3) is 0.588. The minimum absolute atomic E-state index is 0.0183. The minimum Gasteiger partial charge on any atom is -0.484 e. The lowest BCUT2D eigenvalue weighted by Gasteiger charge is -2.30. The van der Waals surface area contributed by atoms with Gasteiger partial charge in [-0.2, -0.15) is 0 Å². The van der Waals surface area contributed by atoms with Crippen LogP contribution in [-0.2, 0) is 4.79 Å². The molecule has 0 aromatic heterocycles. The highest BCUT2D eigenvalue weighted by molar-refractivity contribution is 6.31. The molecule has 0 aliphatic rings. The van der Waals surface area contributed by atoms with E-state index >= 15 is 0 Å². The van der Waals surface area contributed by atoms with Crippen molar-refractivity contribution in [1.82, 2.24) is 10.2 Å². The number of hydrogen-bond donors (Lipinski definition) is 1. The van der Waals surface area contributed by atoms with E-state index in [9.17, 15) is 4.79 Å². The average Bonchev–Trinajstić information content (AvgIpc) is 2.44. The van der Waals surface area contributed by atoms with Crippen LogP contribution in [0.3, 0.4) is 0 Å². The first-order chi connectivity index (χ1) is 10.3. The molecule has 1 aromatic rings. The zero-order valence-corrected chi connectivity index (χ0v) is 14.9. The fourth-order valence-electron chi connectivity index (χ4n) is 2.34. The number of ether oxygens (including phenoxy) is 1. The number of aryl methyl sites for hydroxylation is 1. The third-order valence-electron chi connectivity index (χ3n) is 3.52. The Balaban J connectivity index is 2.33. The van der Waals surface area contributed by atoms with Crippen molar-refractivity contribution in [3.63, 3.8) is 0 Å². The predicted octanol–water partition coefficient (Wildman–Crippen LogP) is 3.26. The Hall–Kier alpha value is -1.26. The van der Waals surface area contributed by atoms with Gasteiger partial charge in [0.2, 0.25) is 0 Å². The van der Waals surface area contributed by atoms with Crippen LogP contribution < -0.4 is 10.1 Å².